The largest absolute Gasteiger partial charge is 0.497 e. The molecule has 31 heavy (non-hydrogen) atoms. The Morgan fingerprint density at radius 3 is 2.42 bits per heavy atom. The average molecular weight is 427 g/mol. The number of carbonyl (C=O) groups excluding carboxylic acids is 2. The molecule has 0 atom stereocenters. The summed E-state index contributed by atoms with van der Waals surface area (Å²) in [6.45, 7) is 5.60. The number of benzene rings is 2. The van der Waals surface area contributed by atoms with Crippen molar-refractivity contribution in [2.24, 2.45) is 0 Å². The second-order valence-corrected chi connectivity index (χ2v) is 7.97. The molecule has 0 aliphatic carbocycles. The van der Waals surface area contributed by atoms with Crippen molar-refractivity contribution in [2.75, 3.05) is 13.7 Å². The summed E-state index contributed by atoms with van der Waals surface area (Å²) in [5.41, 5.74) is -0.761. The number of esters is 1. The normalized spacial score (nSPS) is 11.4. The molecule has 0 radical (unpaired) electrons. The number of ether oxygens (including phenoxy) is 3. The van der Waals surface area contributed by atoms with Crippen LogP contribution in [0.15, 0.2) is 45.6 Å². The molecule has 8 nitrogen and oxygen atoms in total. The fourth-order valence-electron chi connectivity index (χ4n) is 3.00. The highest BCUT2D eigenvalue weighted by Crippen LogP contribution is 2.28. The number of rotatable bonds is 6. The highest BCUT2D eigenvalue weighted by molar-refractivity contribution is 6.05. The van der Waals surface area contributed by atoms with Gasteiger partial charge in [0.25, 0.3) is 0 Å². The molecule has 0 spiro atoms. The van der Waals surface area contributed by atoms with E-state index < -0.39 is 23.3 Å². The predicted molar refractivity (Wildman–Crippen MR) is 116 cm³/mol. The van der Waals surface area contributed by atoms with Crippen LogP contribution < -0.4 is 20.4 Å². The van der Waals surface area contributed by atoms with Crippen LogP contribution in [0.5, 0.6) is 11.5 Å². The molecule has 164 valence electrons. The van der Waals surface area contributed by atoms with E-state index in [1.807, 2.05) is 0 Å². The van der Waals surface area contributed by atoms with Gasteiger partial charge >= 0.3 is 17.7 Å². The van der Waals surface area contributed by atoms with E-state index in [0.717, 1.165) is 10.8 Å². The molecule has 1 aromatic heterocycles. The van der Waals surface area contributed by atoms with E-state index in [4.69, 9.17) is 18.6 Å². The molecule has 0 unspecified atom stereocenters. The maximum atomic E-state index is 12.3. The first-order valence-corrected chi connectivity index (χ1v) is 9.88. The molecule has 8 heteroatoms. The molecule has 1 N–H and O–H groups in total. The highest BCUT2D eigenvalue weighted by atomic mass is 16.6. The smallest absolute Gasteiger partial charge is 0.407 e. The van der Waals surface area contributed by atoms with Gasteiger partial charge in [0.1, 0.15) is 22.7 Å². The zero-order chi connectivity index (χ0) is 22.6. The third kappa shape index (κ3) is 5.75. The highest BCUT2D eigenvalue weighted by Gasteiger charge is 2.16. The van der Waals surface area contributed by atoms with E-state index in [1.165, 1.54) is 13.2 Å². The lowest BCUT2D eigenvalue weighted by Gasteiger charge is -2.19. The van der Waals surface area contributed by atoms with Crippen molar-refractivity contribution >= 4 is 33.8 Å². The number of fused-ring (bicyclic) bond motifs is 3. The Hall–Kier alpha value is -3.55. The van der Waals surface area contributed by atoms with Gasteiger partial charge in [-0.3, -0.25) is 4.79 Å². The summed E-state index contributed by atoms with van der Waals surface area (Å²) in [7, 11) is 1.53. The Bertz CT molecular complexity index is 1170. The van der Waals surface area contributed by atoms with Crippen LogP contribution >= 0.6 is 0 Å². The third-order valence-electron chi connectivity index (χ3n) is 4.35. The molecule has 0 aliphatic rings. The Kier molecular flexibility index (Phi) is 6.48. The number of amides is 1. The maximum Gasteiger partial charge on any atom is 0.407 e. The summed E-state index contributed by atoms with van der Waals surface area (Å²) in [5.74, 6) is 0.373. The Labute approximate surface area is 179 Å². The Morgan fingerprint density at radius 1 is 1.00 bits per heavy atom. The fourth-order valence-corrected chi connectivity index (χ4v) is 3.00. The molecule has 0 saturated heterocycles. The maximum absolute atomic E-state index is 12.3. The molecule has 0 saturated carbocycles. The molecule has 0 bridgehead atoms. The van der Waals surface area contributed by atoms with Gasteiger partial charge in [0.05, 0.1) is 12.5 Å². The van der Waals surface area contributed by atoms with Gasteiger partial charge in [-0.2, -0.15) is 0 Å². The molecule has 3 aromatic rings. The number of methoxy groups -OCH3 is 1. The van der Waals surface area contributed by atoms with Crippen molar-refractivity contribution in [1.82, 2.24) is 5.32 Å². The summed E-state index contributed by atoms with van der Waals surface area (Å²) in [4.78, 5) is 36.0. The van der Waals surface area contributed by atoms with Crippen molar-refractivity contribution in [3.05, 3.63) is 46.8 Å². The van der Waals surface area contributed by atoms with E-state index in [2.05, 4.69) is 5.32 Å². The minimum absolute atomic E-state index is 0.106. The SMILES string of the molecule is COc1ccc2c(c1)c(=O)oc1cc(OC(=O)CCCNC(=O)OC(C)(C)C)ccc12. The average Bonchev–Trinajstić information content (AvgIpc) is 2.69. The van der Waals surface area contributed by atoms with Gasteiger partial charge in [-0.15, -0.1) is 0 Å². The number of hydrogen-bond donors (Lipinski definition) is 1. The van der Waals surface area contributed by atoms with Crippen molar-refractivity contribution in [2.45, 2.75) is 39.2 Å². The van der Waals surface area contributed by atoms with Crippen LogP contribution in [0.4, 0.5) is 4.79 Å². The van der Waals surface area contributed by atoms with Crippen LogP contribution in [0.3, 0.4) is 0 Å². The predicted octanol–water partition coefficient (Wildman–Crippen LogP) is 4.17. The lowest BCUT2D eigenvalue weighted by molar-refractivity contribution is -0.134. The number of alkyl carbamates (subject to hydrolysis) is 1. The standard InChI is InChI=1S/C23H25NO7/c1-23(2,3)31-22(27)24-11-5-6-20(25)29-15-8-10-17-16-9-7-14(28-4)12-18(16)21(26)30-19(17)13-15/h7-10,12-13H,5-6,11H2,1-4H3,(H,24,27). The summed E-state index contributed by atoms with van der Waals surface area (Å²) < 4.78 is 21.0. The molecule has 1 amide bonds. The van der Waals surface area contributed by atoms with Gasteiger partial charge in [0, 0.05) is 29.8 Å². The minimum Gasteiger partial charge on any atom is -0.497 e. The number of nitrogens with one attached hydrogen (secondary N) is 1. The third-order valence-corrected chi connectivity index (χ3v) is 4.35. The van der Waals surface area contributed by atoms with Gasteiger partial charge in [-0.25, -0.2) is 9.59 Å². The van der Waals surface area contributed by atoms with E-state index in [1.54, 1.807) is 51.1 Å². The fraction of sp³-hybridized carbons (Fsp3) is 0.348. The summed E-state index contributed by atoms with van der Waals surface area (Å²) in [5, 5.41) is 4.44. The minimum atomic E-state index is -0.578. The van der Waals surface area contributed by atoms with Crippen LogP contribution in [0.2, 0.25) is 0 Å². The number of hydrogen-bond acceptors (Lipinski definition) is 7. The second kappa shape index (κ2) is 9.07. The summed E-state index contributed by atoms with van der Waals surface area (Å²) in [6.07, 6.45) is -0.0297. The van der Waals surface area contributed by atoms with Crippen LogP contribution in [0.25, 0.3) is 21.7 Å². The zero-order valence-electron chi connectivity index (χ0n) is 17.9. The molecule has 2 aromatic carbocycles. The lowest BCUT2D eigenvalue weighted by atomic mass is 10.1. The lowest BCUT2D eigenvalue weighted by Crippen LogP contribution is -2.33. The first kappa shape index (κ1) is 22.1. The molecule has 0 aliphatic heterocycles. The van der Waals surface area contributed by atoms with Crippen molar-refractivity contribution in [3.8, 4) is 11.5 Å². The topological polar surface area (TPSA) is 104 Å². The zero-order valence-corrected chi connectivity index (χ0v) is 17.9. The Balaban J connectivity index is 1.63. The van der Waals surface area contributed by atoms with Gasteiger partial charge in [0.2, 0.25) is 0 Å². The van der Waals surface area contributed by atoms with Crippen molar-refractivity contribution in [1.29, 1.82) is 0 Å². The van der Waals surface area contributed by atoms with Crippen LogP contribution in [0.1, 0.15) is 33.6 Å². The first-order chi connectivity index (χ1) is 14.7. The van der Waals surface area contributed by atoms with Gasteiger partial charge in [0.15, 0.2) is 0 Å². The van der Waals surface area contributed by atoms with Crippen LogP contribution in [-0.4, -0.2) is 31.3 Å². The molecular formula is C23H25NO7. The summed E-state index contributed by atoms with van der Waals surface area (Å²) in [6, 6.07) is 10.1. The van der Waals surface area contributed by atoms with Crippen LogP contribution in [0, 0.1) is 0 Å². The van der Waals surface area contributed by atoms with Crippen molar-refractivity contribution in [3.63, 3.8) is 0 Å². The molecular weight excluding hydrogens is 402 g/mol. The summed E-state index contributed by atoms with van der Waals surface area (Å²) >= 11 is 0. The van der Waals surface area contributed by atoms with E-state index in [0.29, 0.717) is 23.1 Å². The monoisotopic (exact) mass is 427 g/mol. The van der Waals surface area contributed by atoms with Gasteiger partial charge in [-0.05, 0) is 57.5 Å². The van der Waals surface area contributed by atoms with E-state index >= 15 is 0 Å². The molecule has 3 rings (SSSR count). The second-order valence-electron chi connectivity index (χ2n) is 7.97. The van der Waals surface area contributed by atoms with Crippen molar-refractivity contribution < 1.29 is 28.2 Å². The number of carbonyl (C=O) groups is 2. The first-order valence-electron chi connectivity index (χ1n) is 9.88. The Morgan fingerprint density at radius 2 is 1.71 bits per heavy atom. The van der Waals surface area contributed by atoms with E-state index in [-0.39, 0.29) is 18.7 Å². The molecule has 1 heterocycles. The van der Waals surface area contributed by atoms with Gasteiger partial charge in [-0.1, -0.05) is 0 Å². The molecule has 0 fully saturated rings. The van der Waals surface area contributed by atoms with Gasteiger partial charge < -0.3 is 23.9 Å². The van der Waals surface area contributed by atoms with Crippen LogP contribution in [-0.2, 0) is 9.53 Å². The van der Waals surface area contributed by atoms with E-state index in [9.17, 15) is 14.4 Å². The quantitative estimate of drug-likeness (QED) is 0.207.